The lowest BCUT2D eigenvalue weighted by molar-refractivity contribution is -0.151. The number of hydrogen-bond donors (Lipinski definition) is 1. The Kier molecular flexibility index (Phi) is 4.81. The second-order valence-corrected chi connectivity index (χ2v) is 4.63. The van der Waals surface area contributed by atoms with Crippen LogP contribution in [-0.4, -0.2) is 29.1 Å². The summed E-state index contributed by atoms with van der Waals surface area (Å²) in [4.78, 5) is 13.2. The van der Waals surface area contributed by atoms with Crippen molar-refractivity contribution >= 4 is 5.97 Å². The molecule has 0 aliphatic rings. The monoisotopic (exact) mass is 289 g/mol. The smallest absolute Gasteiger partial charge is 0.416 e. The standard InChI is InChI=1S/C14H18F3NO2/c1-4-18(5-2)13(3,12(19)20)10-7-6-8-11(9-10)14(15,16)17/h6-9H,4-5H2,1-3H3,(H,19,20). The van der Waals surface area contributed by atoms with Crippen LogP contribution in [0.3, 0.4) is 0 Å². The number of likely N-dealkylation sites (N-methyl/N-ethyl adjacent to an activating group) is 1. The molecule has 0 saturated heterocycles. The molecule has 0 amide bonds. The molecule has 0 aliphatic heterocycles. The fourth-order valence-electron chi connectivity index (χ4n) is 2.30. The molecule has 3 nitrogen and oxygen atoms in total. The van der Waals surface area contributed by atoms with Gasteiger partial charge in [-0.15, -0.1) is 0 Å². The fraction of sp³-hybridized carbons (Fsp3) is 0.500. The molecule has 1 rings (SSSR count). The van der Waals surface area contributed by atoms with Crippen molar-refractivity contribution in [3.63, 3.8) is 0 Å². The maximum Gasteiger partial charge on any atom is 0.416 e. The van der Waals surface area contributed by atoms with E-state index in [-0.39, 0.29) is 5.56 Å². The summed E-state index contributed by atoms with van der Waals surface area (Å²) in [5.74, 6) is -1.17. The summed E-state index contributed by atoms with van der Waals surface area (Å²) >= 11 is 0. The molecule has 0 aromatic heterocycles. The number of carboxylic acids is 1. The Morgan fingerprint density at radius 1 is 1.20 bits per heavy atom. The van der Waals surface area contributed by atoms with Crippen LogP contribution in [0.5, 0.6) is 0 Å². The maximum absolute atomic E-state index is 12.8. The summed E-state index contributed by atoms with van der Waals surface area (Å²) in [5.41, 5.74) is -2.19. The largest absolute Gasteiger partial charge is 0.480 e. The molecular formula is C14H18F3NO2. The molecule has 6 heteroatoms. The van der Waals surface area contributed by atoms with Crippen molar-refractivity contribution in [1.82, 2.24) is 4.90 Å². The number of nitrogens with zero attached hydrogens (tertiary/aromatic N) is 1. The lowest BCUT2D eigenvalue weighted by Crippen LogP contribution is -2.49. The van der Waals surface area contributed by atoms with Crippen LogP contribution in [0.4, 0.5) is 13.2 Å². The topological polar surface area (TPSA) is 40.5 Å². The van der Waals surface area contributed by atoms with E-state index >= 15 is 0 Å². The molecule has 1 unspecified atom stereocenters. The minimum Gasteiger partial charge on any atom is -0.480 e. The average Bonchev–Trinajstić information content (AvgIpc) is 2.38. The second kappa shape index (κ2) is 5.83. The van der Waals surface area contributed by atoms with E-state index < -0.39 is 23.2 Å². The van der Waals surface area contributed by atoms with Crippen molar-refractivity contribution in [3.8, 4) is 0 Å². The summed E-state index contributed by atoms with van der Waals surface area (Å²) in [5, 5.41) is 9.49. The molecule has 0 fully saturated rings. The van der Waals surface area contributed by atoms with Gasteiger partial charge in [0, 0.05) is 0 Å². The summed E-state index contributed by atoms with van der Waals surface area (Å²) in [7, 11) is 0. The Morgan fingerprint density at radius 2 is 1.70 bits per heavy atom. The van der Waals surface area contributed by atoms with Crippen LogP contribution in [-0.2, 0) is 16.5 Å². The van der Waals surface area contributed by atoms with E-state index in [2.05, 4.69) is 0 Å². The van der Waals surface area contributed by atoms with Crippen molar-refractivity contribution in [1.29, 1.82) is 0 Å². The number of hydrogen-bond acceptors (Lipinski definition) is 2. The highest BCUT2D eigenvalue weighted by molar-refractivity contribution is 5.80. The van der Waals surface area contributed by atoms with Crippen LogP contribution >= 0.6 is 0 Å². The van der Waals surface area contributed by atoms with Crippen molar-refractivity contribution in [2.24, 2.45) is 0 Å². The Morgan fingerprint density at radius 3 is 2.10 bits per heavy atom. The number of carboxylic acid groups (broad SMARTS) is 1. The van der Waals surface area contributed by atoms with Gasteiger partial charge >= 0.3 is 12.1 Å². The van der Waals surface area contributed by atoms with Crippen LogP contribution in [0.1, 0.15) is 31.9 Å². The van der Waals surface area contributed by atoms with E-state index in [9.17, 15) is 23.1 Å². The zero-order valence-electron chi connectivity index (χ0n) is 11.7. The van der Waals surface area contributed by atoms with Gasteiger partial charge in [0.2, 0.25) is 0 Å². The van der Waals surface area contributed by atoms with Crippen molar-refractivity contribution in [2.45, 2.75) is 32.5 Å². The molecule has 0 spiro atoms. The molecule has 1 aromatic carbocycles. The van der Waals surface area contributed by atoms with Crippen LogP contribution in [0.15, 0.2) is 24.3 Å². The normalized spacial score (nSPS) is 15.2. The SMILES string of the molecule is CCN(CC)C(C)(C(=O)O)c1cccc(C(F)(F)F)c1. The number of aliphatic carboxylic acids is 1. The molecular weight excluding hydrogens is 271 g/mol. The maximum atomic E-state index is 12.8. The van der Waals surface area contributed by atoms with E-state index in [1.807, 2.05) is 0 Å². The van der Waals surface area contributed by atoms with E-state index in [1.54, 1.807) is 18.7 Å². The molecule has 0 heterocycles. The molecule has 112 valence electrons. The Bertz CT molecular complexity index is 484. The van der Waals surface area contributed by atoms with Crippen molar-refractivity contribution in [2.75, 3.05) is 13.1 Å². The van der Waals surface area contributed by atoms with Gasteiger partial charge in [-0.05, 0) is 37.7 Å². The predicted molar refractivity (Wildman–Crippen MR) is 69.4 cm³/mol. The lowest BCUT2D eigenvalue weighted by atomic mass is 9.88. The van der Waals surface area contributed by atoms with Gasteiger partial charge in [0.15, 0.2) is 0 Å². The number of rotatable bonds is 5. The van der Waals surface area contributed by atoms with E-state index in [0.717, 1.165) is 12.1 Å². The summed E-state index contributed by atoms with van der Waals surface area (Å²) in [6.07, 6.45) is -4.49. The van der Waals surface area contributed by atoms with Gasteiger partial charge < -0.3 is 5.11 Å². The first-order valence-electron chi connectivity index (χ1n) is 6.34. The average molecular weight is 289 g/mol. The third kappa shape index (κ3) is 2.95. The summed E-state index contributed by atoms with van der Waals surface area (Å²) < 4.78 is 38.3. The first kappa shape index (κ1) is 16.5. The molecule has 0 bridgehead atoms. The fourth-order valence-corrected chi connectivity index (χ4v) is 2.30. The van der Waals surface area contributed by atoms with Gasteiger partial charge in [0.1, 0.15) is 5.54 Å². The van der Waals surface area contributed by atoms with E-state index in [0.29, 0.717) is 13.1 Å². The zero-order valence-corrected chi connectivity index (χ0v) is 11.7. The third-order valence-corrected chi connectivity index (χ3v) is 3.56. The van der Waals surface area contributed by atoms with Gasteiger partial charge in [-0.3, -0.25) is 4.90 Å². The van der Waals surface area contributed by atoms with Gasteiger partial charge in [0.25, 0.3) is 0 Å². The quantitative estimate of drug-likeness (QED) is 0.903. The van der Waals surface area contributed by atoms with Crippen LogP contribution in [0.25, 0.3) is 0 Å². The van der Waals surface area contributed by atoms with Crippen LogP contribution in [0, 0.1) is 0 Å². The Balaban J connectivity index is 3.40. The molecule has 0 radical (unpaired) electrons. The first-order chi connectivity index (χ1) is 9.17. The lowest BCUT2D eigenvalue weighted by Gasteiger charge is -2.37. The Hall–Kier alpha value is -1.56. The molecule has 1 N–H and O–H groups in total. The Labute approximate surface area is 116 Å². The van der Waals surface area contributed by atoms with Gasteiger partial charge in [0.05, 0.1) is 5.56 Å². The number of alkyl halides is 3. The third-order valence-electron chi connectivity index (χ3n) is 3.56. The highest BCUT2D eigenvalue weighted by Crippen LogP contribution is 2.34. The van der Waals surface area contributed by atoms with Gasteiger partial charge in [-0.25, -0.2) is 4.79 Å². The number of benzene rings is 1. The molecule has 1 atom stereocenters. The highest BCUT2D eigenvalue weighted by Gasteiger charge is 2.41. The zero-order chi connectivity index (χ0) is 15.6. The molecule has 20 heavy (non-hydrogen) atoms. The molecule has 0 aliphatic carbocycles. The minimum atomic E-state index is -4.49. The minimum absolute atomic E-state index is 0.128. The first-order valence-corrected chi connectivity index (χ1v) is 6.34. The predicted octanol–water partition coefficient (Wildman–Crippen LogP) is 3.35. The summed E-state index contributed by atoms with van der Waals surface area (Å²) in [6.45, 7) is 5.83. The highest BCUT2D eigenvalue weighted by atomic mass is 19.4. The van der Waals surface area contributed by atoms with Gasteiger partial charge in [-0.2, -0.15) is 13.2 Å². The van der Waals surface area contributed by atoms with Crippen molar-refractivity contribution < 1.29 is 23.1 Å². The second-order valence-electron chi connectivity index (χ2n) is 4.63. The molecule has 1 aromatic rings. The van der Waals surface area contributed by atoms with E-state index in [4.69, 9.17) is 0 Å². The molecule has 0 saturated carbocycles. The summed E-state index contributed by atoms with van der Waals surface area (Å²) in [6, 6.07) is 4.50. The number of halogens is 3. The van der Waals surface area contributed by atoms with Crippen LogP contribution in [0.2, 0.25) is 0 Å². The van der Waals surface area contributed by atoms with E-state index in [1.165, 1.54) is 19.1 Å². The number of carbonyl (C=O) groups is 1. The van der Waals surface area contributed by atoms with Crippen LogP contribution < -0.4 is 0 Å². The van der Waals surface area contributed by atoms with Crippen molar-refractivity contribution in [3.05, 3.63) is 35.4 Å². The van der Waals surface area contributed by atoms with Gasteiger partial charge in [-0.1, -0.05) is 26.0 Å².